The van der Waals surface area contributed by atoms with Crippen LogP contribution < -0.4 is 66.1 Å². The van der Waals surface area contributed by atoms with Crippen LogP contribution in [0.3, 0.4) is 0 Å². The molecule has 18 N–H and O–H groups in total. The van der Waals surface area contributed by atoms with Crippen LogP contribution in [0.5, 0.6) is 0 Å². The number of aliphatic hydroxyl groups excluding tert-OH is 9. The lowest BCUT2D eigenvalue weighted by Gasteiger charge is -2.26. The van der Waals surface area contributed by atoms with E-state index in [2.05, 4.69) is 126 Å². The van der Waals surface area contributed by atoms with E-state index in [9.17, 15) is 126 Å². The number of hydrogen-bond acceptors (Lipinski definition) is 36. The van der Waals surface area contributed by atoms with Crippen LogP contribution in [0.4, 0.5) is 13.2 Å². The van der Waals surface area contributed by atoms with Crippen LogP contribution in [0.25, 0.3) is 0 Å². The van der Waals surface area contributed by atoms with Gasteiger partial charge in [0.2, 0.25) is 0 Å². The molecule has 0 saturated carbocycles. The highest BCUT2D eigenvalue weighted by atomic mass is 32.1. The lowest BCUT2D eigenvalue weighted by Crippen LogP contribution is -2.46. The Balaban J connectivity index is 0.000000280. The molecule has 0 radical (unpaired) electrons. The van der Waals surface area contributed by atoms with E-state index in [-0.39, 0.29) is 112 Å². The average Bonchev–Trinajstić information content (AvgIpc) is 1.72. The number of carbonyl (C=O) groups excluding carboxylic acids is 6. The van der Waals surface area contributed by atoms with Gasteiger partial charge in [0, 0.05) is 86.5 Å². The molecule has 0 aromatic carbocycles. The third-order valence-corrected chi connectivity index (χ3v) is 31.0. The van der Waals surface area contributed by atoms with Gasteiger partial charge in [0.25, 0.3) is 27.8 Å². The second-order valence-electron chi connectivity index (χ2n) is 41.3. The van der Waals surface area contributed by atoms with Crippen molar-refractivity contribution < 1.29 is 121 Å². The van der Waals surface area contributed by atoms with Crippen LogP contribution in [0.1, 0.15) is 140 Å². The van der Waals surface area contributed by atoms with Gasteiger partial charge in [-0.05, 0) is 202 Å². The molecule has 45 nitrogen and oxygen atoms in total. The van der Waals surface area contributed by atoms with Gasteiger partial charge in [-0.2, -0.15) is 13.2 Å². The lowest BCUT2D eigenvalue weighted by atomic mass is 10.1. The summed E-state index contributed by atoms with van der Waals surface area (Å²) in [6, 6.07) is 0. The van der Waals surface area contributed by atoms with Crippen molar-refractivity contribution in [2.24, 2.45) is 0 Å². The van der Waals surface area contributed by atoms with Crippen molar-refractivity contribution in [3.8, 4) is 0 Å². The Labute approximate surface area is 852 Å². The van der Waals surface area contributed by atoms with Gasteiger partial charge in [-0.3, -0.25) is 100 Å². The second kappa shape index (κ2) is 54.6. The number of aromatic amines is 5. The summed E-state index contributed by atoms with van der Waals surface area (Å²) in [5, 5.41) is 105. The highest BCUT2D eigenvalue weighted by Crippen LogP contribution is 2.45. The minimum absolute atomic E-state index is 0.0455. The molecule has 55 heteroatoms. The number of carbonyl (C=O) groups is 6. The number of rotatable bonds is 41. The summed E-state index contributed by atoms with van der Waals surface area (Å²) >= 11 is 10.4. The Morgan fingerprint density at radius 2 is 0.623 bits per heavy atom. The van der Waals surface area contributed by atoms with Gasteiger partial charge in [-0.1, -0.05) is 0 Å². The van der Waals surface area contributed by atoms with Crippen LogP contribution in [0, 0.1) is 9.54 Å². The molecule has 824 valence electrons. The molecule has 20 atom stereocenters. The van der Waals surface area contributed by atoms with Gasteiger partial charge in [-0.25, -0.2) is 14.4 Å². The number of amides is 1. The number of Topliss-reactive ketones (excluding diaryl/α,β-unsaturated/α-hetero) is 4. The smallest absolute Gasteiger partial charge is 0.459 e. The summed E-state index contributed by atoms with van der Waals surface area (Å²) in [6.45, 7) is 23.0. The van der Waals surface area contributed by atoms with E-state index in [1.54, 1.807) is 0 Å². The van der Waals surface area contributed by atoms with Crippen molar-refractivity contribution >= 4 is 125 Å². The highest BCUT2D eigenvalue weighted by molar-refractivity contribution is 7.73. The quantitative estimate of drug-likeness (QED) is 0.0135. The number of ketones is 4. The Morgan fingerprint density at radius 3 is 0.877 bits per heavy atom. The summed E-state index contributed by atoms with van der Waals surface area (Å²) in [5.74, 6) is -3.79. The number of alkyl halides is 3. The fourth-order valence-electron chi connectivity index (χ4n) is 15.4. The lowest BCUT2D eigenvalue weighted by molar-refractivity contribution is -0.188. The summed E-state index contributed by atoms with van der Waals surface area (Å²) in [5.41, 5.74) is -5.78. The molecule has 10 heterocycles. The minimum Gasteiger partial charge on any atom is -0.459 e. The van der Waals surface area contributed by atoms with E-state index >= 15 is 0 Å². The molecule has 5 aromatic rings. The monoisotopic (exact) mass is 2210 g/mol. The number of H-pyrrole nitrogens is 5. The Hall–Kier alpha value is -7.61. The Kier molecular flexibility index (Phi) is 47.5. The zero-order valence-corrected chi connectivity index (χ0v) is 91.7. The maximum atomic E-state index is 13.2. The molecule has 5 saturated heterocycles. The van der Waals surface area contributed by atoms with Crippen LogP contribution in [-0.2, 0) is 94.6 Å². The summed E-state index contributed by atoms with van der Waals surface area (Å²) in [4.78, 5) is 177. The Morgan fingerprint density at radius 1 is 0.390 bits per heavy atom. The molecule has 146 heavy (non-hydrogen) atoms. The van der Waals surface area contributed by atoms with E-state index in [1.165, 1.54) is 94.1 Å². The molecule has 5 fully saturated rings. The van der Waals surface area contributed by atoms with Gasteiger partial charge < -0.3 is 105 Å². The van der Waals surface area contributed by atoms with Crippen molar-refractivity contribution in [1.29, 1.82) is 0 Å². The summed E-state index contributed by atoms with van der Waals surface area (Å²) < 4.78 is 85.2. The Bertz CT molecular complexity index is 5950. The van der Waals surface area contributed by atoms with E-state index < -0.39 is 233 Å². The van der Waals surface area contributed by atoms with Crippen LogP contribution in [0.15, 0.2) is 69.3 Å². The first-order chi connectivity index (χ1) is 67.2. The van der Waals surface area contributed by atoms with Gasteiger partial charge in [0.05, 0.1) is 68.8 Å². The van der Waals surface area contributed by atoms with E-state index in [4.69, 9.17) is 57.6 Å². The third kappa shape index (κ3) is 39.6. The minimum atomic E-state index is -5.37. The standard InChI is InChI=1S/C22H33F3N3O8P.C18H30N3O6P.C17H28N3O6P.2C17H28N3O5PS/c1-21(2,3)36-14(29)11-27(19(33)22(23,24)25)9-12-10-28(20(34)26-17(12)32)18-16(31)15(30)13(35-18)7-8-37(4,5)6;1-11(22)8-19-9-12-10-21(18(25)20-16(12)24)17-15(26-2)14(23)13(27-17)6-7-28(3,4)5;1-10(21)7-18-8-11-9-20(17(25)19-15(11)24)16-14(23)13(22)12(26-16)5-6-27(2,3)4;2*1-10(21)7-18-8-11-9-20(17(27)19-15(11)24)16-14(23)13(22)12(25-16)5-6-26(2,3)4/h10,13,15-16,18,30-31H,4,7-9,11H2,1-3,5-6H3,(H,26,32,34);10,13-15,17,19,23H,3,6-9H2,1-2,4-5H3,(H,20,24,25);9,12-14,16,18,22-23H,2,5-8H2,1,3-4H3,(H,19,24,25);2*9,12-14,16,18,22-23H,2,5-8H2,1,3-4H3,(H,19,24,27)/t13-,15-,16-,18-;13-,14-,15-,17-;3*12-,13-,14-,16-/m11111/s1. The molecule has 5 aliphatic heterocycles. The zero-order valence-electron chi connectivity index (χ0n) is 85.6. The SMILES string of the molecule is C=P(C)(C)CC[C@H]1O[C@@H](n2cc(CN(CC(=O)OC(C)(C)C)C(=O)C(F)(F)F)c(=O)[nH]c2=O)[C@H](O)[C@@H]1O.C=P(C)(C)CC[C@H]1O[C@@H](n2cc(CNCC(C)=O)c(=O)[nH]c2=O)[C@H](O)[C@@H]1O.C=P(C)(C)CC[C@H]1O[C@@H](n2cc(CNCC(C)=O)c(=O)[nH]c2=O)[C@H](OC)[C@@H]1O.C=P(C)(C)CC[C@H]1O[C@@H](n2cc(CNCC(C)=O)c(=O)[nH]c2=S)[C@H](O)[C@@H]1O.C=P(C)(C)CC[C@H]1O[C@@H](n2cc(CNCC(C)=O)c(=O)[nH]c2=S)[C@H](O)[C@@H]1O. The molecule has 10 rings (SSSR count). The normalized spacial score (nSPS) is 24.8. The molecule has 0 spiro atoms. The number of nitrogens with one attached hydrogen (secondary N) is 9. The maximum absolute atomic E-state index is 13.2. The fourth-order valence-corrected chi connectivity index (χ4v) is 20.7. The van der Waals surface area contributed by atoms with Crippen molar-refractivity contribution in [2.75, 3.05) is 137 Å². The highest BCUT2D eigenvalue weighted by Gasteiger charge is 2.51. The molecular weight excluding hydrogens is 2060 g/mol. The number of methoxy groups -OCH3 is 1. The number of hydrogen-bond donors (Lipinski definition) is 18. The predicted octanol–water partition coefficient (Wildman–Crippen LogP) is -0.385. The van der Waals surface area contributed by atoms with Gasteiger partial charge in [0.15, 0.2) is 40.7 Å². The number of esters is 1. The largest absolute Gasteiger partial charge is 0.471 e. The summed E-state index contributed by atoms with van der Waals surface area (Å²) in [7, 11) is 1.44. The zero-order chi connectivity index (χ0) is 111. The second-order valence-corrected chi connectivity index (χ2v) is 63.6. The maximum Gasteiger partial charge on any atom is 0.471 e. The summed E-state index contributed by atoms with van der Waals surface area (Å²) in [6.07, 6.45) is 8.48. The fraction of sp³-hybridized carbons (Fsp3) is 0.659. The van der Waals surface area contributed by atoms with Gasteiger partial charge >= 0.3 is 35.1 Å². The van der Waals surface area contributed by atoms with Crippen molar-refractivity contribution in [3.05, 3.63) is 152 Å². The van der Waals surface area contributed by atoms with E-state index in [1.807, 2.05) is 18.3 Å². The molecule has 0 unspecified atom stereocenters. The molecule has 1 amide bonds. The van der Waals surface area contributed by atoms with E-state index in [0.29, 0.717) is 49.4 Å². The number of ether oxygens (including phenoxy) is 7. The molecule has 5 aromatic heterocycles. The topological polar surface area (TPSA) is 641 Å². The molecule has 0 aliphatic carbocycles. The number of halogens is 3. The number of nitrogens with zero attached hydrogens (tertiary/aromatic N) is 6. The number of aromatic nitrogens is 10. The van der Waals surface area contributed by atoms with Crippen molar-refractivity contribution in [2.45, 2.75) is 248 Å². The van der Waals surface area contributed by atoms with Gasteiger partial charge in [-0.15, -0.1) is 65.9 Å². The first-order valence-electron chi connectivity index (χ1n) is 46.6. The first kappa shape index (κ1) is 127. The molecule has 0 bridgehead atoms. The first-order valence-corrected chi connectivity index (χ1v) is 62.7. The van der Waals surface area contributed by atoms with E-state index in [0.717, 1.165) is 40.0 Å². The van der Waals surface area contributed by atoms with Crippen LogP contribution in [0.2, 0.25) is 0 Å². The molecule has 5 aliphatic rings. The molecular formula is C91H147F3N15O30P5S2. The third-order valence-electron chi connectivity index (χ3n) is 23.0. The van der Waals surface area contributed by atoms with Crippen LogP contribution >= 0.6 is 58.9 Å². The van der Waals surface area contributed by atoms with Crippen LogP contribution in [-0.4, -0.2) is 406 Å². The number of aliphatic hydroxyl groups is 9. The average molecular weight is 2210 g/mol. The predicted molar refractivity (Wildman–Crippen MR) is 564 cm³/mol. The van der Waals surface area contributed by atoms with Crippen molar-refractivity contribution in [1.82, 2.24) is 73.9 Å². The van der Waals surface area contributed by atoms with Crippen molar-refractivity contribution in [3.63, 3.8) is 0 Å². The van der Waals surface area contributed by atoms with Gasteiger partial charge in [0.1, 0.15) is 96.3 Å².